The van der Waals surface area contributed by atoms with Crippen LogP contribution in [-0.4, -0.2) is 73.8 Å². The van der Waals surface area contributed by atoms with Crippen LogP contribution in [0, 0.1) is 5.92 Å². The molecule has 0 radical (unpaired) electrons. The lowest BCUT2D eigenvalue weighted by Crippen LogP contribution is -2.50. The van der Waals surface area contributed by atoms with Crippen molar-refractivity contribution >= 4 is 29.9 Å². The minimum absolute atomic E-state index is 0. The van der Waals surface area contributed by atoms with Crippen LogP contribution in [0.25, 0.3) is 0 Å². The molecule has 136 valence electrons. The molecule has 0 aromatic heterocycles. The SMILES string of the molecule is CCNC(=NCC(C)N1CCOCC1C)N1CCC(C)CC1.I. The molecule has 5 nitrogen and oxygen atoms in total. The number of aliphatic imine (C=N–C) groups is 1. The van der Waals surface area contributed by atoms with Crippen LogP contribution in [-0.2, 0) is 4.74 Å². The summed E-state index contributed by atoms with van der Waals surface area (Å²) < 4.78 is 5.53. The summed E-state index contributed by atoms with van der Waals surface area (Å²) in [4.78, 5) is 9.87. The molecule has 0 bridgehead atoms. The molecule has 1 N–H and O–H groups in total. The van der Waals surface area contributed by atoms with Crippen LogP contribution in [0.1, 0.15) is 40.5 Å². The summed E-state index contributed by atoms with van der Waals surface area (Å²) in [6.07, 6.45) is 2.56. The van der Waals surface area contributed by atoms with E-state index in [2.05, 4.69) is 42.8 Å². The first-order valence-electron chi connectivity index (χ1n) is 8.98. The van der Waals surface area contributed by atoms with E-state index in [1.807, 2.05) is 0 Å². The normalized spacial score (nSPS) is 25.8. The van der Waals surface area contributed by atoms with Crippen LogP contribution < -0.4 is 5.32 Å². The summed E-state index contributed by atoms with van der Waals surface area (Å²) in [6.45, 7) is 15.8. The monoisotopic (exact) mass is 438 g/mol. The molecule has 2 saturated heterocycles. The number of ether oxygens (including phenoxy) is 1. The molecule has 6 heteroatoms. The predicted octanol–water partition coefficient (Wildman–Crippen LogP) is 2.41. The fourth-order valence-electron chi connectivity index (χ4n) is 3.36. The second-order valence-corrected chi connectivity index (χ2v) is 6.87. The van der Waals surface area contributed by atoms with Crippen molar-refractivity contribution in [3.8, 4) is 0 Å². The van der Waals surface area contributed by atoms with E-state index >= 15 is 0 Å². The van der Waals surface area contributed by atoms with Crippen molar-refractivity contribution in [1.29, 1.82) is 0 Å². The first kappa shape index (κ1) is 21.0. The summed E-state index contributed by atoms with van der Waals surface area (Å²) in [5.74, 6) is 1.95. The molecule has 2 aliphatic rings. The van der Waals surface area contributed by atoms with Gasteiger partial charge < -0.3 is 15.0 Å². The van der Waals surface area contributed by atoms with Crippen LogP contribution in [0.2, 0.25) is 0 Å². The number of likely N-dealkylation sites (tertiary alicyclic amines) is 1. The first-order chi connectivity index (χ1) is 10.6. The van der Waals surface area contributed by atoms with Gasteiger partial charge in [0.25, 0.3) is 0 Å². The Morgan fingerprint density at radius 1 is 1.26 bits per heavy atom. The number of hydrogen-bond acceptors (Lipinski definition) is 3. The van der Waals surface area contributed by atoms with E-state index in [4.69, 9.17) is 9.73 Å². The summed E-state index contributed by atoms with van der Waals surface area (Å²) in [7, 11) is 0. The number of hydrogen-bond donors (Lipinski definition) is 1. The van der Waals surface area contributed by atoms with Crippen LogP contribution in [0.5, 0.6) is 0 Å². The molecule has 2 atom stereocenters. The fourth-order valence-corrected chi connectivity index (χ4v) is 3.36. The largest absolute Gasteiger partial charge is 0.379 e. The molecule has 0 aromatic rings. The highest BCUT2D eigenvalue weighted by Gasteiger charge is 2.24. The molecule has 2 heterocycles. The Bertz CT molecular complexity index is 359. The maximum absolute atomic E-state index is 5.53. The Balaban J connectivity index is 0.00000264. The molecule has 23 heavy (non-hydrogen) atoms. The van der Waals surface area contributed by atoms with Crippen molar-refractivity contribution in [3.05, 3.63) is 0 Å². The van der Waals surface area contributed by atoms with Gasteiger partial charge in [-0.1, -0.05) is 6.92 Å². The number of nitrogens with zero attached hydrogens (tertiary/aromatic N) is 3. The van der Waals surface area contributed by atoms with Crippen molar-refractivity contribution in [2.24, 2.45) is 10.9 Å². The Morgan fingerprint density at radius 3 is 2.57 bits per heavy atom. The summed E-state index contributed by atoms with van der Waals surface area (Å²) in [5, 5.41) is 3.47. The Kier molecular flexibility index (Phi) is 9.77. The summed E-state index contributed by atoms with van der Waals surface area (Å²) >= 11 is 0. The Labute approximate surface area is 159 Å². The highest BCUT2D eigenvalue weighted by atomic mass is 127. The number of halogens is 1. The van der Waals surface area contributed by atoms with Crippen molar-refractivity contribution in [2.75, 3.05) is 45.9 Å². The lowest BCUT2D eigenvalue weighted by atomic mass is 10.00. The topological polar surface area (TPSA) is 40.1 Å². The van der Waals surface area contributed by atoms with Crippen LogP contribution >= 0.6 is 24.0 Å². The molecule has 0 spiro atoms. The number of piperidine rings is 1. The van der Waals surface area contributed by atoms with E-state index in [0.29, 0.717) is 12.1 Å². The fraction of sp³-hybridized carbons (Fsp3) is 0.941. The third-order valence-corrected chi connectivity index (χ3v) is 4.91. The van der Waals surface area contributed by atoms with Gasteiger partial charge in [0, 0.05) is 38.3 Å². The van der Waals surface area contributed by atoms with Gasteiger partial charge in [0.1, 0.15) is 0 Å². The molecule has 2 fully saturated rings. The van der Waals surface area contributed by atoms with E-state index in [1.54, 1.807) is 0 Å². The molecule has 2 rings (SSSR count). The van der Waals surface area contributed by atoms with Gasteiger partial charge >= 0.3 is 0 Å². The Morgan fingerprint density at radius 2 is 1.96 bits per heavy atom. The number of guanidine groups is 1. The summed E-state index contributed by atoms with van der Waals surface area (Å²) in [6, 6.07) is 0.966. The van der Waals surface area contributed by atoms with Gasteiger partial charge in [0.05, 0.1) is 19.8 Å². The van der Waals surface area contributed by atoms with Gasteiger partial charge in [-0.2, -0.15) is 0 Å². The second kappa shape index (κ2) is 10.7. The van der Waals surface area contributed by atoms with Crippen molar-refractivity contribution in [3.63, 3.8) is 0 Å². The van der Waals surface area contributed by atoms with Gasteiger partial charge in [-0.3, -0.25) is 9.89 Å². The van der Waals surface area contributed by atoms with E-state index in [-0.39, 0.29) is 24.0 Å². The third-order valence-electron chi connectivity index (χ3n) is 4.91. The molecule has 0 aromatic carbocycles. The molecular formula is C17H35IN4O. The van der Waals surface area contributed by atoms with Gasteiger partial charge in [-0.25, -0.2) is 0 Å². The summed E-state index contributed by atoms with van der Waals surface area (Å²) in [5.41, 5.74) is 0. The van der Waals surface area contributed by atoms with Crippen LogP contribution in [0.3, 0.4) is 0 Å². The minimum atomic E-state index is 0. The highest BCUT2D eigenvalue weighted by Crippen LogP contribution is 2.16. The van der Waals surface area contributed by atoms with Crippen molar-refractivity contribution in [1.82, 2.24) is 15.1 Å². The highest BCUT2D eigenvalue weighted by molar-refractivity contribution is 14.0. The quantitative estimate of drug-likeness (QED) is 0.416. The molecule has 0 aliphatic carbocycles. The van der Waals surface area contributed by atoms with Gasteiger partial charge in [-0.05, 0) is 39.5 Å². The Hall–Kier alpha value is -0.0800. The predicted molar refractivity (Wildman–Crippen MR) is 108 cm³/mol. The lowest BCUT2D eigenvalue weighted by molar-refractivity contribution is -0.0166. The molecule has 0 amide bonds. The minimum Gasteiger partial charge on any atom is -0.379 e. The molecular weight excluding hydrogens is 403 g/mol. The zero-order valence-electron chi connectivity index (χ0n) is 15.3. The average molecular weight is 438 g/mol. The second-order valence-electron chi connectivity index (χ2n) is 6.87. The smallest absolute Gasteiger partial charge is 0.193 e. The van der Waals surface area contributed by atoms with Crippen LogP contribution in [0.4, 0.5) is 0 Å². The van der Waals surface area contributed by atoms with Gasteiger partial charge in [0.15, 0.2) is 5.96 Å². The third kappa shape index (κ3) is 6.38. The maximum atomic E-state index is 5.53. The molecule has 0 saturated carbocycles. The van der Waals surface area contributed by atoms with E-state index < -0.39 is 0 Å². The first-order valence-corrected chi connectivity index (χ1v) is 8.98. The number of nitrogens with one attached hydrogen (secondary N) is 1. The van der Waals surface area contributed by atoms with Gasteiger partial charge in [0.2, 0.25) is 0 Å². The van der Waals surface area contributed by atoms with Gasteiger partial charge in [-0.15, -0.1) is 24.0 Å². The zero-order valence-corrected chi connectivity index (χ0v) is 17.6. The van der Waals surface area contributed by atoms with E-state index in [9.17, 15) is 0 Å². The van der Waals surface area contributed by atoms with E-state index in [1.165, 1.54) is 12.8 Å². The molecule has 2 aliphatic heterocycles. The number of rotatable bonds is 4. The molecule has 2 unspecified atom stereocenters. The van der Waals surface area contributed by atoms with Crippen molar-refractivity contribution < 1.29 is 4.74 Å². The standard InChI is InChI=1S/C17H34N4O.HI/c1-5-18-17(20-8-6-14(2)7-9-20)19-12-15(3)21-10-11-22-13-16(21)4;/h14-16H,5-13H2,1-4H3,(H,18,19);1H. The maximum Gasteiger partial charge on any atom is 0.193 e. The number of morpholine rings is 1. The lowest BCUT2D eigenvalue weighted by Gasteiger charge is -2.37. The van der Waals surface area contributed by atoms with E-state index in [0.717, 1.165) is 57.8 Å². The zero-order chi connectivity index (χ0) is 15.9. The average Bonchev–Trinajstić information content (AvgIpc) is 2.52. The van der Waals surface area contributed by atoms with Crippen molar-refractivity contribution in [2.45, 2.75) is 52.6 Å². The van der Waals surface area contributed by atoms with Crippen LogP contribution in [0.15, 0.2) is 4.99 Å².